The molecule has 2 N–H and O–H groups in total. The molecular weight excluding hydrogens is 224 g/mol. The molecule has 0 spiro atoms. The van der Waals surface area contributed by atoms with Crippen LogP contribution in [0.4, 0.5) is 0 Å². The van der Waals surface area contributed by atoms with Gasteiger partial charge in [0.2, 0.25) is 5.91 Å². The van der Waals surface area contributed by atoms with Gasteiger partial charge in [-0.1, -0.05) is 27.7 Å². The van der Waals surface area contributed by atoms with Crippen molar-refractivity contribution in [1.29, 1.82) is 0 Å². The summed E-state index contributed by atoms with van der Waals surface area (Å²) in [5.41, 5.74) is 5.87. The third-order valence-corrected chi connectivity index (χ3v) is 3.75. The maximum atomic E-state index is 12.1. The van der Waals surface area contributed by atoms with E-state index in [1.807, 2.05) is 11.8 Å². The minimum Gasteiger partial charge on any atom is -0.342 e. The molecule has 1 saturated heterocycles. The van der Waals surface area contributed by atoms with Crippen molar-refractivity contribution < 1.29 is 4.79 Å². The monoisotopic (exact) mass is 248 g/mol. The van der Waals surface area contributed by atoms with Crippen molar-refractivity contribution in [1.82, 2.24) is 4.90 Å². The first-order valence-electron chi connectivity index (χ1n) is 5.88. The molecule has 1 amide bonds. The van der Waals surface area contributed by atoms with Gasteiger partial charge in [0.05, 0.1) is 0 Å². The van der Waals surface area contributed by atoms with Gasteiger partial charge >= 0.3 is 0 Å². The fourth-order valence-electron chi connectivity index (χ4n) is 1.95. The predicted octanol–water partition coefficient (Wildman–Crippen LogP) is 1.90. The zero-order valence-corrected chi connectivity index (χ0v) is 11.6. The van der Waals surface area contributed by atoms with Crippen LogP contribution in [0.3, 0.4) is 0 Å². The van der Waals surface area contributed by atoms with Crippen LogP contribution in [0.2, 0.25) is 0 Å². The topological polar surface area (TPSA) is 46.3 Å². The summed E-state index contributed by atoms with van der Waals surface area (Å²) in [6.07, 6.45) is 1.04. The number of rotatable bonds is 3. The van der Waals surface area contributed by atoms with Gasteiger partial charge in [0.25, 0.3) is 0 Å². The van der Waals surface area contributed by atoms with E-state index in [0.29, 0.717) is 18.4 Å². The second-order valence-electron chi connectivity index (χ2n) is 5.56. The largest absolute Gasteiger partial charge is 0.342 e. The Hall–Kier alpha value is -0.280. The molecule has 96 valence electrons. The Bertz CT molecular complexity index is 245. The molecule has 0 radical (unpaired) electrons. The summed E-state index contributed by atoms with van der Waals surface area (Å²) < 4.78 is 0. The summed E-state index contributed by atoms with van der Waals surface area (Å²) in [7, 11) is 0. The zero-order valence-electron chi connectivity index (χ0n) is 10.8. The number of likely N-dealkylation sites (tertiary alicyclic amines) is 1. The fraction of sp³-hybridized carbons (Fsp3) is 0.917. The average molecular weight is 249 g/mol. The Balaban J connectivity index is 0.00000225. The van der Waals surface area contributed by atoms with E-state index in [1.54, 1.807) is 0 Å². The molecule has 0 aromatic rings. The molecule has 0 aliphatic carbocycles. The molecule has 16 heavy (non-hydrogen) atoms. The van der Waals surface area contributed by atoms with Gasteiger partial charge in [-0.3, -0.25) is 4.79 Å². The maximum Gasteiger partial charge on any atom is 0.225 e. The first-order chi connectivity index (χ1) is 6.89. The molecule has 4 heteroatoms. The summed E-state index contributed by atoms with van der Waals surface area (Å²) >= 11 is 0. The lowest BCUT2D eigenvalue weighted by Crippen LogP contribution is -2.38. The van der Waals surface area contributed by atoms with E-state index in [-0.39, 0.29) is 23.7 Å². The van der Waals surface area contributed by atoms with Gasteiger partial charge < -0.3 is 10.6 Å². The first kappa shape index (κ1) is 15.7. The van der Waals surface area contributed by atoms with Crippen molar-refractivity contribution in [2.24, 2.45) is 23.0 Å². The van der Waals surface area contributed by atoms with Crippen LogP contribution in [0, 0.1) is 17.3 Å². The number of halogens is 1. The number of hydrogen-bond donors (Lipinski definition) is 1. The highest BCUT2D eigenvalue weighted by molar-refractivity contribution is 5.85. The maximum absolute atomic E-state index is 12.1. The molecule has 0 bridgehead atoms. The summed E-state index contributed by atoms with van der Waals surface area (Å²) in [5, 5.41) is 0. The molecule has 0 aromatic heterocycles. The Labute approximate surface area is 105 Å². The van der Waals surface area contributed by atoms with Crippen LogP contribution in [-0.4, -0.2) is 30.4 Å². The third kappa shape index (κ3) is 3.36. The van der Waals surface area contributed by atoms with Crippen molar-refractivity contribution in [3.8, 4) is 0 Å². The van der Waals surface area contributed by atoms with E-state index < -0.39 is 0 Å². The Morgan fingerprint density at radius 1 is 1.44 bits per heavy atom. The van der Waals surface area contributed by atoms with Crippen LogP contribution in [0.15, 0.2) is 0 Å². The van der Waals surface area contributed by atoms with Crippen molar-refractivity contribution in [2.45, 2.75) is 34.1 Å². The van der Waals surface area contributed by atoms with Crippen LogP contribution in [0.5, 0.6) is 0 Å². The molecular formula is C12H25ClN2O. The number of carbonyl (C=O) groups excluding carboxylic acids is 1. The van der Waals surface area contributed by atoms with Gasteiger partial charge in [0.15, 0.2) is 0 Å². The van der Waals surface area contributed by atoms with Crippen LogP contribution in [0.25, 0.3) is 0 Å². The molecule has 0 aromatic carbocycles. The predicted molar refractivity (Wildman–Crippen MR) is 69.6 cm³/mol. The fourth-order valence-corrected chi connectivity index (χ4v) is 1.95. The van der Waals surface area contributed by atoms with Gasteiger partial charge in [0.1, 0.15) is 0 Å². The smallest absolute Gasteiger partial charge is 0.225 e. The van der Waals surface area contributed by atoms with Crippen molar-refractivity contribution in [3.63, 3.8) is 0 Å². The lowest BCUT2D eigenvalue weighted by atomic mass is 9.90. The molecule has 1 heterocycles. The highest BCUT2D eigenvalue weighted by Crippen LogP contribution is 2.30. The first-order valence-corrected chi connectivity index (χ1v) is 5.88. The minimum absolute atomic E-state index is 0. The lowest BCUT2D eigenvalue weighted by molar-refractivity contribution is -0.135. The van der Waals surface area contributed by atoms with E-state index in [1.165, 1.54) is 0 Å². The number of carbonyl (C=O) groups is 1. The molecule has 2 unspecified atom stereocenters. The lowest BCUT2D eigenvalue weighted by Gasteiger charge is -2.26. The Kier molecular flexibility index (Phi) is 5.77. The highest BCUT2D eigenvalue weighted by Gasteiger charge is 2.36. The van der Waals surface area contributed by atoms with Gasteiger partial charge in [-0.25, -0.2) is 0 Å². The van der Waals surface area contributed by atoms with Crippen molar-refractivity contribution in [2.75, 3.05) is 19.6 Å². The van der Waals surface area contributed by atoms with Crippen LogP contribution in [-0.2, 0) is 4.79 Å². The van der Waals surface area contributed by atoms with E-state index in [9.17, 15) is 4.79 Å². The number of nitrogens with two attached hydrogens (primary N) is 1. The van der Waals surface area contributed by atoms with Crippen molar-refractivity contribution in [3.05, 3.63) is 0 Å². The van der Waals surface area contributed by atoms with Crippen LogP contribution >= 0.6 is 12.4 Å². The van der Waals surface area contributed by atoms with Crippen LogP contribution < -0.4 is 5.73 Å². The minimum atomic E-state index is 0. The second kappa shape index (κ2) is 5.87. The van der Waals surface area contributed by atoms with Gasteiger partial charge in [-0.15, -0.1) is 12.4 Å². The summed E-state index contributed by atoms with van der Waals surface area (Å²) in [6.45, 7) is 10.8. The number of hydrogen-bond acceptors (Lipinski definition) is 2. The van der Waals surface area contributed by atoms with E-state index in [4.69, 9.17) is 5.73 Å². The van der Waals surface area contributed by atoms with Crippen molar-refractivity contribution >= 4 is 18.3 Å². The molecule has 2 atom stereocenters. The standard InChI is InChI=1S/C12H24N2O.ClH/c1-9(2)10(3)11(15)14-6-5-12(4,7-13)8-14;/h9-10H,5-8,13H2,1-4H3;1H. The molecule has 1 aliphatic heterocycles. The summed E-state index contributed by atoms with van der Waals surface area (Å²) in [6, 6.07) is 0. The number of amides is 1. The average Bonchev–Trinajstić information content (AvgIpc) is 2.59. The molecule has 1 fully saturated rings. The summed E-state index contributed by atoms with van der Waals surface area (Å²) in [4.78, 5) is 14.1. The zero-order chi connectivity index (χ0) is 11.6. The Morgan fingerprint density at radius 2 is 2.00 bits per heavy atom. The molecule has 1 aliphatic rings. The molecule has 1 rings (SSSR count). The van der Waals surface area contributed by atoms with Crippen LogP contribution in [0.1, 0.15) is 34.1 Å². The van der Waals surface area contributed by atoms with Gasteiger partial charge in [-0.05, 0) is 24.3 Å². The second-order valence-corrected chi connectivity index (χ2v) is 5.56. The third-order valence-electron chi connectivity index (χ3n) is 3.75. The summed E-state index contributed by atoms with van der Waals surface area (Å²) in [5.74, 6) is 0.842. The normalized spacial score (nSPS) is 26.8. The highest BCUT2D eigenvalue weighted by atomic mass is 35.5. The SMILES string of the molecule is CC(C)C(C)C(=O)N1CCC(C)(CN)C1.Cl. The quantitative estimate of drug-likeness (QED) is 0.829. The van der Waals surface area contributed by atoms with E-state index in [2.05, 4.69) is 20.8 Å². The van der Waals surface area contributed by atoms with E-state index in [0.717, 1.165) is 19.5 Å². The number of nitrogens with zero attached hydrogens (tertiary/aromatic N) is 1. The molecule has 3 nitrogen and oxygen atoms in total. The molecule has 0 saturated carbocycles. The van der Waals surface area contributed by atoms with Gasteiger partial charge in [-0.2, -0.15) is 0 Å². The van der Waals surface area contributed by atoms with Gasteiger partial charge in [0, 0.05) is 19.0 Å². The van der Waals surface area contributed by atoms with E-state index >= 15 is 0 Å². The Morgan fingerprint density at radius 3 is 2.38 bits per heavy atom.